The number of hydrogen-bond donors (Lipinski definition) is 1. The number of nitrogens with zero attached hydrogens (tertiary/aromatic N) is 2. The molecule has 1 aliphatic heterocycles. The minimum absolute atomic E-state index is 0.0988. The van der Waals surface area contributed by atoms with Crippen LogP contribution >= 0.6 is 0 Å². The Hall–Kier alpha value is -0.125. The molecule has 0 aliphatic carbocycles. The molecule has 11 heavy (non-hydrogen) atoms. The summed E-state index contributed by atoms with van der Waals surface area (Å²) in [7, 11) is -0.453. The lowest BCUT2D eigenvalue weighted by Gasteiger charge is -2.35. The van der Waals surface area contributed by atoms with Gasteiger partial charge in [0.1, 0.15) is 0 Å². The van der Waals surface area contributed by atoms with Crippen molar-refractivity contribution in [1.82, 2.24) is 9.93 Å². The van der Waals surface area contributed by atoms with E-state index in [1.807, 2.05) is 11.7 Å². The van der Waals surface area contributed by atoms with Crippen molar-refractivity contribution in [3.63, 3.8) is 0 Å². The molecule has 0 amide bonds. The third kappa shape index (κ3) is 2.15. The number of halogens is 1. The highest BCUT2D eigenvalue weighted by atomic mass is 19.2. The lowest BCUT2D eigenvalue weighted by molar-refractivity contribution is -0.0490. The molecule has 0 saturated carbocycles. The molecule has 0 bridgehead atoms. The lowest BCUT2D eigenvalue weighted by atomic mass is 9.84. The van der Waals surface area contributed by atoms with Crippen molar-refractivity contribution in [2.75, 3.05) is 19.6 Å². The molecule has 1 heterocycles. The highest BCUT2D eigenvalue weighted by molar-refractivity contribution is 6.45. The van der Waals surface area contributed by atoms with Crippen LogP contribution in [0.3, 0.4) is 0 Å². The van der Waals surface area contributed by atoms with Gasteiger partial charge in [0.2, 0.25) is 0 Å². The van der Waals surface area contributed by atoms with Crippen LogP contribution in [0.5, 0.6) is 0 Å². The molecule has 3 nitrogen and oxygen atoms in total. The van der Waals surface area contributed by atoms with E-state index in [2.05, 4.69) is 0 Å². The molecule has 0 unspecified atom stereocenters. The Bertz CT molecular complexity index is 136. The Kier molecular flexibility index (Phi) is 2.87. The molecule has 1 N–H and O–H groups in total. The second-order valence-electron chi connectivity index (χ2n) is 3.10. The van der Waals surface area contributed by atoms with Crippen LogP contribution in [0.25, 0.3) is 0 Å². The fourth-order valence-electron chi connectivity index (χ4n) is 1.30. The van der Waals surface area contributed by atoms with Crippen molar-refractivity contribution >= 4 is 7.05 Å². The van der Waals surface area contributed by atoms with Gasteiger partial charge in [-0.2, -0.15) is 0 Å². The maximum absolute atomic E-state index is 12.7. The van der Waals surface area contributed by atoms with Crippen LogP contribution in [-0.4, -0.2) is 47.7 Å². The van der Waals surface area contributed by atoms with E-state index >= 15 is 0 Å². The molecule has 1 atom stereocenters. The van der Waals surface area contributed by atoms with E-state index in [-0.39, 0.29) is 6.04 Å². The molecule has 5 heteroatoms. The summed E-state index contributed by atoms with van der Waals surface area (Å²) in [4.78, 5) is 1.86. The van der Waals surface area contributed by atoms with Gasteiger partial charge in [-0.1, -0.05) is 0 Å². The predicted molar refractivity (Wildman–Crippen MR) is 42.7 cm³/mol. The summed E-state index contributed by atoms with van der Waals surface area (Å²) >= 11 is 0. The normalized spacial score (nSPS) is 28.9. The van der Waals surface area contributed by atoms with Crippen LogP contribution in [0.2, 0.25) is 6.82 Å². The summed E-state index contributed by atoms with van der Waals surface area (Å²) in [6, 6.07) is -0.0988. The standard InChI is InChI=1S/C6H14BFN2O/c1-6-5-9(7(2)11)3-4-10(6)8/h6,11H,3-5H2,1-2H3/t6-/m0/s1. The van der Waals surface area contributed by atoms with Gasteiger partial charge in [-0.15, -0.1) is 9.60 Å². The smallest absolute Gasteiger partial charge is 0.376 e. The summed E-state index contributed by atoms with van der Waals surface area (Å²) in [5.41, 5.74) is 0. The first-order chi connectivity index (χ1) is 5.11. The zero-order chi connectivity index (χ0) is 8.43. The Balaban J connectivity index is 2.40. The van der Waals surface area contributed by atoms with Crippen LogP contribution < -0.4 is 0 Å². The molecule has 64 valence electrons. The highest BCUT2D eigenvalue weighted by Gasteiger charge is 2.27. The molecule has 1 aliphatic rings. The second-order valence-corrected chi connectivity index (χ2v) is 3.10. The molecular weight excluding hydrogens is 146 g/mol. The van der Waals surface area contributed by atoms with Crippen molar-refractivity contribution in [1.29, 1.82) is 0 Å². The summed E-state index contributed by atoms with van der Waals surface area (Å²) in [6.07, 6.45) is 0. The van der Waals surface area contributed by atoms with Gasteiger partial charge in [-0.25, -0.2) is 0 Å². The van der Waals surface area contributed by atoms with Gasteiger partial charge in [0, 0.05) is 25.7 Å². The number of piperazine rings is 1. The van der Waals surface area contributed by atoms with Gasteiger partial charge in [0.15, 0.2) is 0 Å². The first-order valence-electron chi connectivity index (χ1n) is 3.96. The summed E-state index contributed by atoms with van der Waals surface area (Å²) in [6.45, 7) is 5.13. The Morgan fingerprint density at radius 1 is 1.55 bits per heavy atom. The van der Waals surface area contributed by atoms with Gasteiger partial charge in [-0.05, 0) is 13.7 Å². The van der Waals surface area contributed by atoms with Crippen LogP contribution in [0.4, 0.5) is 4.48 Å². The van der Waals surface area contributed by atoms with Crippen molar-refractivity contribution in [2.45, 2.75) is 19.8 Å². The Morgan fingerprint density at radius 3 is 2.64 bits per heavy atom. The number of hydrogen-bond acceptors (Lipinski definition) is 3. The van der Waals surface area contributed by atoms with E-state index in [0.717, 1.165) is 5.12 Å². The van der Waals surface area contributed by atoms with Gasteiger partial charge < -0.3 is 9.83 Å². The molecule has 1 fully saturated rings. The largest absolute Gasteiger partial charge is 0.437 e. The van der Waals surface area contributed by atoms with Crippen LogP contribution in [0.15, 0.2) is 0 Å². The molecular formula is C6H14BFN2O. The highest BCUT2D eigenvalue weighted by Crippen LogP contribution is 2.09. The van der Waals surface area contributed by atoms with E-state index in [1.165, 1.54) is 0 Å². The quantitative estimate of drug-likeness (QED) is 0.431. The van der Waals surface area contributed by atoms with E-state index in [9.17, 15) is 4.48 Å². The van der Waals surface area contributed by atoms with Crippen molar-refractivity contribution in [2.24, 2.45) is 0 Å². The SMILES string of the molecule is CB(O)N1CCN(F)[C@@H](C)C1. The second kappa shape index (κ2) is 3.52. The van der Waals surface area contributed by atoms with Gasteiger partial charge >= 0.3 is 7.05 Å². The zero-order valence-corrected chi connectivity index (χ0v) is 7.00. The third-order valence-electron chi connectivity index (χ3n) is 2.11. The Morgan fingerprint density at radius 2 is 2.18 bits per heavy atom. The van der Waals surface area contributed by atoms with Gasteiger partial charge in [0.25, 0.3) is 0 Å². The monoisotopic (exact) mass is 160 g/mol. The van der Waals surface area contributed by atoms with E-state index in [4.69, 9.17) is 5.02 Å². The van der Waals surface area contributed by atoms with Crippen LogP contribution in [0.1, 0.15) is 6.92 Å². The molecule has 0 aromatic carbocycles. The summed E-state index contributed by atoms with van der Waals surface area (Å²) in [5.74, 6) is 0. The number of rotatable bonds is 1. The summed E-state index contributed by atoms with van der Waals surface area (Å²) in [5, 5.41) is 9.98. The van der Waals surface area contributed by atoms with E-state index in [1.54, 1.807) is 6.82 Å². The molecule has 1 saturated heterocycles. The van der Waals surface area contributed by atoms with E-state index < -0.39 is 7.05 Å². The first-order valence-corrected chi connectivity index (χ1v) is 3.96. The third-order valence-corrected chi connectivity index (χ3v) is 2.11. The van der Waals surface area contributed by atoms with Crippen LogP contribution in [-0.2, 0) is 0 Å². The topological polar surface area (TPSA) is 26.7 Å². The molecule has 0 aromatic heterocycles. The van der Waals surface area contributed by atoms with Gasteiger partial charge in [0.05, 0.1) is 0 Å². The zero-order valence-electron chi connectivity index (χ0n) is 7.00. The lowest BCUT2D eigenvalue weighted by Crippen LogP contribution is -2.53. The first kappa shape index (κ1) is 8.97. The fourth-order valence-corrected chi connectivity index (χ4v) is 1.30. The van der Waals surface area contributed by atoms with Crippen molar-refractivity contribution < 1.29 is 9.51 Å². The summed E-state index contributed by atoms with van der Waals surface area (Å²) < 4.78 is 12.7. The van der Waals surface area contributed by atoms with Gasteiger partial charge in [-0.3, -0.25) is 0 Å². The minimum atomic E-state index is -0.453. The maximum atomic E-state index is 12.7. The average molecular weight is 160 g/mol. The van der Waals surface area contributed by atoms with Crippen molar-refractivity contribution in [3.8, 4) is 0 Å². The predicted octanol–water partition coefficient (Wildman–Crippen LogP) is -0.0127. The fraction of sp³-hybridized carbons (Fsp3) is 1.00. The Labute approximate surface area is 66.9 Å². The minimum Gasteiger partial charge on any atom is -0.437 e. The molecule has 0 aromatic rings. The van der Waals surface area contributed by atoms with Crippen molar-refractivity contribution in [3.05, 3.63) is 0 Å². The van der Waals surface area contributed by atoms with E-state index in [0.29, 0.717) is 19.6 Å². The molecule has 1 rings (SSSR count). The van der Waals surface area contributed by atoms with Crippen LogP contribution in [0, 0.1) is 0 Å². The average Bonchev–Trinajstić information content (AvgIpc) is 1.94. The molecule has 0 radical (unpaired) electrons. The molecule has 0 spiro atoms. The maximum Gasteiger partial charge on any atom is 0.376 e.